The van der Waals surface area contributed by atoms with E-state index in [2.05, 4.69) is 13.0 Å². The van der Waals surface area contributed by atoms with Crippen molar-refractivity contribution in [3.05, 3.63) is 23.4 Å². The molecule has 0 rings (SSSR count). The molecule has 0 aromatic heterocycles. The lowest BCUT2D eigenvalue weighted by Gasteiger charge is -1.94. The molecule has 0 atom stereocenters. The molecule has 0 aliphatic rings. The molecule has 0 amide bonds. The first-order chi connectivity index (χ1) is 4.68. The highest BCUT2D eigenvalue weighted by Crippen LogP contribution is 2.08. The first-order valence-corrected chi connectivity index (χ1v) is 7.36. The Morgan fingerprint density at radius 3 is 2.50 bits per heavy atom. The van der Waals surface area contributed by atoms with Crippen LogP contribution in [0.25, 0.3) is 0 Å². The van der Waals surface area contributed by atoms with E-state index in [0.717, 1.165) is 11.6 Å². The minimum atomic E-state index is -1.55. The monoisotopic (exact) mass is 194 g/mol. The highest BCUT2D eigenvalue weighted by molar-refractivity contribution is 7.36. The number of hydrogen-bond donors (Lipinski definition) is 0. The summed E-state index contributed by atoms with van der Waals surface area (Å²) in [5, 5.41) is 1.12. The fraction of sp³-hybridized carbons (Fsp3) is 0.429. The molecule has 0 saturated carbocycles. The molecule has 0 aliphatic heterocycles. The molecule has 0 aromatic rings. The number of allylic oxidation sites excluding steroid dienone is 4. The van der Waals surface area contributed by atoms with Gasteiger partial charge in [-0.15, -0.1) is 22.2 Å². The Balaban J connectivity index is 3.79. The van der Waals surface area contributed by atoms with Crippen LogP contribution in [0.4, 0.5) is 0 Å². The van der Waals surface area contributed by atoms with Crippen LogP contribution < -0.4 is 0 Å². The zero-order chi connectivity index (χ0) is 7.98. The molecule has 0 radical (unpaired) electrons. The Labute approximate surface area is 73.5 Å². The van der Waals surface area contributed by atoms with Gasteiger partial charge in [0.2, 0.25) is 0 Å². The second-order valence-corrected chi connectivity index (χ2v) is 6.85. The summed E-state index contributed by atoms with van der Waals surface area (Å²) in [6, 6.07) is 0. The van der Waals surface area contributed by atoms with Crippen molar-refractivity contribution >= 4 is 29.6 Å². The second-order valence-electron chi connectivity index (χ2n) is 2.05. The average Bonchev–Trinajstić information content (AvgIpc) is 1.88. The van der Waals surface area contributed by atoms with E-state index in [0.29, 0.717) is 0 Å². The molecular formula is C7H12Cl2Si. The molecular weight excluding hydrogens is 183 g/mol. The van der Waals surface area contributed by atoms with Crippen LogP contribution in [0.1, 0.15) is 20.3 Å². The van der Waals surface area contributed by atoms with Crippen molar-refractivity contribution in [2.75, 3.05) is 0 Å². The van der Waals surface area contributed by atoms with Gasteiger partial charge < -0.3 is 0 Å². The lowest BCUT2D eigenvalue weighted by Crippen LogP contribution is -1.93. The van der Waals surface area contributed by atoms with E-state index < -0.39 is 7.42 Å². The maximum Gasteiger partial charge on any atom is 0.262 e. The summed E-state index contributed by atoms with van der Waals surface area (Å²) in [7, 11) is -1.55. The Bertz CT molecular complexity index is 139. The topological polar surface area (TPSA) is 0 Å². The third-order valence-corrected chi connectivity index (χ3v) is 4.02. The van der Waals surface area contributed by atoms with Crippen molar-refractivity contribution in [3.8, 4) is 0 Å². The molecule has 0 unspecified atom stereocenters. The van der Waals surface area contributed by atoms with Crippen molar-refractivity contribution in [1.29, 1.82) is 0 Å². The Hall–Kier alpha value is 0.277. The summed E-state index contributed by atoms with van der Waals surface area (Å²) in [5.74, 6) is 0. The molecule has 0 bridgehead atoms. The summed E-state index contributed by atoms with van der Waals surface area (Å²) >= 11 is 11.4. The third kappa shape index (κ3) is 5.09. The molecule has 0 fully saturated rings. The third-order valence-electron chi connectivity index (χ3n) is 1.08. The molecule has 0 heterocycles. The van der Waals surface area contributed by atoms with Crippen LogP contribution >= 0.6 is 22.2 Å². The number of rotatable bonds is 3. The first kappa shape index (κ1) is 10.3. The van der Waals surface area contributed by atoms with Crippen LogP contribution in [-0.4, -0.2) is 7.42 Å². The average molecular weight is 195 g/mol. The first-order valence-electron chi connectivity index (χ1n) is 3.30. The Morgan fingerprint density at radius 2 is 2.10 bits per heavy atom. The smallest absolute Gasteiger partial charge is 0.145 e. The summed E-state index contributed by atoms with van der Waals surface area (Å²) in [5.41, 5.74) is 0. The predicted octanol–water partition coefficient (Wildman–Crippen LogP) is 3.14. The van der Waals surface area contributed by atoms with Crippen LogP contribution in [0.15, 0.2) is 23.4 Å². The summed E-state index contributed by atoms with van der Waals surface area (Å²) < 4.78 is 0. The minimum absolute atomic E-state index is 1.06. The van der Waals surface area contributed by atoms with Crippen molar-refractivity contribution in [2.24, 2.45) is 0 Å². The minimum Gasteiger partial charge on any atom is -0.145 e. The highest BCUT2D eigenvalue weighted by Gasteiger charge is 2.01. The van der Waals surface area contributed by atoms with Gasteiger partial charge in [0.25, 0.3) is 7.42 Å². The van der Waals surface area contributed by atoms with Gasteiger partial charge in [-0.2, -0.15) is 0 Å². The van der Waals surface area contributed by atoms with Gasteiger partial charge in [0.15, 0.2) is 0 Å². The van der Waals surface area contributed by atoms with Crippen molar-refractivity contribution in [1.82, 2.24) is 0 Å². The lowest BCUT2D eigenvalue weighted by molar-refractivity contribution is 1.22. The molecule has 0 N–H and O–H groups in total. The van der Waals surface area contributed by atoms with E-state index in [-0.39, 0.29) is 0 Å². The second kappa shape index (κ2) is 6.02. The van der Waals surface area contributed by atoms with Crippen LogP contribution in [-0.2, 0) is 0 Å². The molecule has 10 heavy (non-hydrogen) atoms. The standard InChI is InChI=1S/C7H12Cl2Si/c1-3-4-5-6-7(2)10(8)9/h4-6,10H,3H2,1-2H3. The normalized spacial score (nSPS) is 13.5. The molecule has 0 aliphatic carbocycles. The van der Waals surface area contributed by atoms with Gasteiger partial charge in [-0.25, -0.2) is 0 Å². The fourth-order valence-electron chi connectivity index (χ4n) is 0.429. The van der Waals surface area contributed by atoms with Crippen LogP contribution in [0.3, 0.4) is 0 Å². The maximum atomic E-state index is 5.71. The predicted molar refractivity (Wildman–Crippen MR) is 52.0 cm³/mol. The number of halogens is 2. The summed E-state index contributed by atoms with van der Waals surface area (Å²) in [6.45, 7) is 4.06. The van der Waals surface area contributed by atoms with E-state index in [1.54, 1.807) is 0 Å². The molecule has 3 heteroatoms. The molecule has 58 valence electrons. The maximum absolute atomic E-state index is 5.71. The van der Waals surface area contributed by atoms with Crippen molar-refractivity contribution in [3.63, 3.8) is 0 Å². The van der Waals surface area contributed by atoms with E-state index >= 15 is 0 Å². The SMILES string of the molecule is CCC=CC=C(C)[SiH](Cl)Cl. The van der Waals surface area contributed by atoms with E-state index in [1.165, 1.54) is 0 Å². The lowest BCUT2D eigenvalue weighted by atomic mass is 10.4. The highest BCUT2D eigenvalue weighted by atomic mass is 35.7. The van der Waals surface area contributed by atoms with Crippen LogP contribution in [0, 0.1) is 0 Å². The van der Waals surface area contributed by atoms with Crippen LogP contribution in [0.2, 0.25) is 0 Å². The van der Waals surface area contributed by atoms with Crippen LogP contribution in [0.5, 0.6) is 0 Å². The zero-order valence-electron chi connectivity index (χ0n) is 6.27. The van der Waals surface area contributed by atoms with Gasteiger partial charge in [-0.3, -0.25) is 0 Å². The molecule has 0 aromatic carbocycles. The van der Waals surface area contributed by atoms with Crippen molar-refractivity contribution < 1.29 is 0 Å². The molecule has 0 saturated heterocycles. The van der Waals surface area contributed by atoms with Gasteiger partial charge in [-0.1, -0.05) is 30.3 Å². The van der Waals surface area contributed by atoms with E-state index in [1.807, 2.05) is 19.1 Å². The number of hydrogen-bond acceptors (Lipinski definition) is 0. The van der Waals surface area contributed by atoms with Gasteiger partial charge in [0.05, 0.1) is 0 Å². The Morgan fingerprint density at radius 1 is 1.50 bits per heavy atom. The van der Waals surface area contributed by atoms with Gasteiger partial charge in [0, 0.05) is 0 Å². The van der Waals surface area contributed by atoms with E-state index in [4.69, 9.17) is 22.2 Å². The quantitative estimate of drug-likeness (QED) is 0.368. The molecule has 0 nitrogen and oxygen atoms in total. The Kier molecular flexibility index (Phi) is 6.18. The largest absolute Gasteiger partial charge is 0.262 e. The van der Waals surface area contributed by atoms with Gasteiger partial charge in [-0.05, 0) is 13.3 Å². The molecule has 0 spiro atoms. The van der Waals surface area contributed by atoms with E-state index in [9.17, 15) is 0 Å². The van der Waals surface area contributed by atoms with Gasteiger partial charge in [0.1, 0.15) is 0 Å². The van der Waals surface area contributed by atoms with Crippen molar-refractivity contribution in [2.45, 2.75) is 20.3 Å². The fourth-order valence-corrected chi connectivity index (χ4v) is 1.12. The summed E-state index contributed by atoms with van der Waals surface area (Å²) in [4.78, 5) is 0. The zero-order valence-corrected chi connectivity index (χ0v) is 8.94. The summed E-state index contributed by atoms with van der Waals surface area (Å²) in [6.07, 6.45) is 7.12. The van der Waals surface area contributed by atoms with Gasteiger partial charge >= 0.3 is 0 Å².